The molecular formula is C19H21F3N2O4. The number of carbonyl (C=O) groups excluding carboxylic acids is 3. The topological polar surface area (TPSA) is 66.9 Å². The van der Waals surface area contributed by atoms with Crippen molar-refractivity contribution in [3.63, 3.8) is 0 Å². The van der Waals surface area contributed by atoms with Crippen molar-refractivity contribution in [3.8, 4) is 0 Å². The SMILES string of the molecule is CCN1C(=O)C[C@](CC(=O)N2CCOCC2)(c2cccc(C(F)(F)F)c2)C1=O. The summed E-state index contributed by atoms with van der Waals surface area (Å²) in [5.74, 6) is -1.49. The summed E-state index contributed by atoms with van der Waals surface area (Å²) in [5, 5.41) is 0. The first-order chi connectivity index (χ1) is 13.2. The molecule has 0 N–H and O–H groups in total. The molecule has 6 nitrogen and oxygen atoms in total. The molecule has 0 bridgehead atoms. The molecule has 2 aliphatic rings. The summed E-state index contributed by atoms with van der Waals surface area (Å²) >= 11 is 0. The number of likely N-dealkylation sites (N-methyl/N-ethyl adjacent to an activating group) is 1. The summed E-state index contributed by atoms with van der Waals surface area (Å²) in [7, 11) is 0. The number of imide groups is 1. The Morgan fingerprint density at radius 2 is 1.89 bits per heavy atom. The van der Waals surface area contributed by atoms with Crippen molar-refractivity contribution >= 4 is 17.7 Å². The predicted molar refractivity (Wildman–Crippen MR) is 92.1 cm³/mol. The number of hydrogen-bond acceptors (Lipinski definition) is 4. The van der Waals surface area contributed by atoms with E-state index >= 15 is 0 Å². The second-order valence-corrected chi connectivity index (χ2v) is 6.95. The Hall–Kier alpha value is -2.42. The lowest BCUT2D eigenvalue weighted by Crippen LogP contribution is -2.46. The molecule has 1 aromatic carbocycles. The summed E-state index contributed by atoms with van der Waals surface area (Å²) < 4.78 is 44.8. The van der Waals surface area contributed by atoms with E-state index in [-0.39, 0.29) is 30.9 Å². The van der Waals surface area contributed by atoms with Gasteiger partial charge < -0.3 is 9.64 Å². The van der Waals surface area contributed by atoms with E-state index in [4.69, 9.17) is 4.74 Å². The number of ether oxygens (including phenoxy) is 1. The summed E-state index contributed by atoms with van der Waals surface area (Å²) in [6, 6.07) is 4.36. The van der Waals surface area contributed by atoms with Crippen LogP contribution in [0.3, 0.4) is 0 Å². The number of rotatable bonds is 4. The molecule has 0 aliphatic carbocycles. The number of halogens is 3. The molecule has 2 fully saturated rings. The van der Waals surface area contributed by atoms with Gasteiger partial charge in [-0.15, -0.1) is 0 Å². The molecule has 1 aromatic rings. The summed E-state index contributed by atoms with van der Waals surface area (Å²) in [6.45, 7) is 3.12. The molecular weight excluding hydrogens is 377 g/mol. The van der Waals surface area contributed by atoms with E-state index in [1.54, 1.807) is 6.92 Å². The minimum atomic E-state index is -4.60. The van der Waals surface area contributed by atoms with Crippen molar-refractivity contribution in [1.82, 2.24) is 9.80 Å². The van der Waals surface area contributed by atoms with Crippen LogP contribution in [0, 0.1) is 0 Å². The largest absolute Gasteiger partial charge is 0.416 e. The molecule has 0 radical (unpaired) electrons. The average Bonchev–Trinajstić information content (AvgIpc) is 2.92. The standard InChI is InChI=1S/C19H21F3N2O4/c1-2-24-16(26)12-18(17(24)27,11-15(25)23-6-8-28-9-7-23)13-4-3-5-14(10-13)19(20,21)22/h3-5,10H,2,6-9,11-12H2,1H3/t18-/m1/s1. The molecule has 0 aromatic heterocycles. The fourth-order valence-electron chi connectivity index (χ4n) is 3.76. The third-order valence-electron chi connectivity index (χ3n) is 5.28. The Morgan fingerprint density at radius 1 is 1.21 bits per heavy atom. The number of amides is 3. The molecule has 2 heterocycles. The molecule has 1 atom stereocenters. The van der Waals surface area contributed by atoms with Gasteiger partial charge in [0.1, 0.15) is 0 Å². The maximum atomic E-state index is 13.2. The molecule has 0 spiro atoms. The van der Waals surface area contributed by atoms with Crippen LogP contribution in [0.4, 0.5) is 13.2 Å². The number of benzene rings is 1. The van der Waals surface area contributed by atoms with Gasteiger partial charge in [-0.3, -0.25) is 19.3 Å². The van der Waals surface area contributed by atoms with Crippen LogP contribution in [-0.4, -0.2) is 60.4 Å². The van der Waals surface area contributed by atoms with Gasteiger partial charge in [0.2, 0.25) is 17.7 Å². The molecule has 0 unspecified atom stereocenters. The Bertz CT molecular complexity index is 790. The molecule has 28 heavy (non-hydrogen) atoms. The van der Waals surface area contributed by atoms with Crippen molar-refractivity contribution in [2.45, 2.75) is 31.4 Å². The monoisotopic (exact) mass is 398 g/mol. The normalized spacial score (nSPS) is 23.4. The van der Waals surface area contributed by atoms with Crippen LogP contribution in [0.15, 0.2) is 24.3 Å². The lowest BCUT2D eigenvalue weighted by Gasteiger charge is -2.32. The van der Waals surface area contributed by atoms with Gasteiger partial charge in [-0.2, -0.15) is 13.2 Å². The molecule has 2 saturated heterocycles. The first-order valence-corrected chi connectivity index (χ1v) is 9.07. The van der Waals surface area contributed by atoms with Crippen LogP contribution in [0.25, 0.3) is 0 Å². The smallest absolute Gasteiger partial charge is 0.378 e. The van der Waals surface area contributed by atoms with Crippen LogP contribution >= 0.6 is 0 Å². The van der Waals surface area contributed by atoms with E-state index < -0.39 is 29.0 Å². The second kappa shape index (κ2) is 7.54. The zero-order chi connectivity index (χ0) is 20.5. The van der Waals surface area contributed by atoms with Gasteiger partial charge in [-0.05, 0) is 18.6 Å². The number of alkyl halides is 3. The lowest BCUT2D eigenvalue weighted by atomic mass is 9.75. The van der Waals surface area contributed by atoms with Gasteiger partial charge in [0, 0.05) is 32.5 Å². The summed E-state index contributed by atoms with van der Waals surface area (Å²) in [5.41, 5.74) is -2.50. The number of hydrogen-bond donors (Lipinski definition) is 0. The van der Waals surface area contributed by atoms with E-state index in [9.17, 15) is 27.6 Å². The van der Waals surface area contributed by atoms with Crippen LogP contribution in [-0.2, 0) is 30.7 Å². The van der Waals surface area contributed by atoms with Gasteiger partial charge >= 0.3 is 6.18 Å². The highest BCUT2D eigenvalue weighted by molar-refractivity contribution is 6.10. The quantitative estimate of drug-likeness (QED) is 0.728. The van der Waals surface area contributed by atoms with Crippen molar-refractivity contribution in [2.75, 3.05) is 32.8 Å². The van der Waals surface area contributed by atoms with Gasteiger partial charge in [-0.1, -0.05) is 18.2 Å². The number of carbonyl (C=O) groups is 3. The summed E-state index contributed by atoms with van der Waals surface area (Å²) in [4.78, 5) is 40.8. The lowest BCUT2D eigenvalue weighted by molar-refractivity contribution is -0.144. The van der Waals surface area contributed by atoms with E-state index in [0.717, 1.165) is 17.0 Å². The van der Waals surface area contributed by atoms with E-state index in [1.807, 2.05) is 0 Å². The highest BCUT2D eigenvalue weighted by Crippen LogP contribution is 2.42. The van der Waals surface area contributed by atoms with E-state index in [2.05, 4.69) is 0 Å². The van der Waals surface area contributed by atoms with E-state index in [1.165, 1.54) is 17.0 Å². The molecule has 152 valence electrons. The average molecular weight is 398 g/mol. The Labute approximate surface area is 160 Å². The molecule has 2 aliphatic heterocycles. The van der Waals surface area contributed by atoms with Crippen molar-refractivity contribution in [1.29, 1.82) is 0 Å². The molecule has 0 saturated carbocycles. The first-order valence-electron chi connectivity index (χ1n) is 9.07. The Kier molecular flexibility index (Phi) is 5.47. The maximum Gasteiger partial charge on any atom is 0.416 e. The summed E-state index contributed by atoms with van der Waals surface area (Å²) in [6.07, 6.45) is -5.27. The van der Waals surface area contributed by atoms with Crippen LogP contribution in [0.2, 0.25) is 0 Å². The van der Waals surface area contributed by atoms with Crippen LogP contribution in [0.1, 0.15) is 30.9 Å². The second-order valence-electron chi connectivity index (χ2n) is 6.95. The number of likely N-dealkylation sites (tertiary alicyclic amines) is 1. The highest BCUT2D eigenvalue weighted by atomic mass is 19.4. The minimum absolute atomic E-state index is 0.0400. The minimum Gasteiger partial charge on any atom is -0.378 e. The highest BCUT2D eigenvalue weighted by Gasteiger charge is 2.54. The van der Waals surface area contributed by atoms with Crippen molar-refractivity contribution < 1.29 is 32.3 Å². The van der Waals surface area contributed by atoms with Gasteiger partial charge in [-0.25, -0.2) is 0 Å². The third kappa shape index (κ3) is 3.63. The van der Waals surface area contributed by atoms with E-state index in [0.29, 0.717) is 26.3 Å². The zero-order valence-corrected chi connectivity index (χ0v) is 15.4. The maximum absolute atomic E-state index is 13.2. The molecule has 9 heteroatoms. The van der Waals surface area contributed by atoms with Gasteiger partial charge in [0.25, 0.3) is 0 Å². The van der Waals surface area contributed by atoms with Crippen LogP contribution < -0.4 is 0 Å². The first kappa shape index (κ1) is 20.3. The Morgan fingerprint density at radius 3 is 2.46 bits per heavy atom. The van der Waals surface area contributed by atoms with Crippen LogP contribution in [0.5, 0.6) is 0 Å². The predicted octanol–water partition coefficient (Wildman–Crippen LogP) is 1.97. The van der Waals surface area contributed by atoms with Crippen molar-refractivity contribution in [2.24, 2.45) is 0 Å². The van der Waals surface area contributed by atoms with Crippen molar-refractivity contribution in [3.05, 3.63) is 35.4 Å². The van der Waals surface area contributed by atoms with Gasteiger partial charge in [0.15, 0.2) is 0 Å². The molecule has 3 rings (SSSR count). The Balaban J connectivity index is 2.02. The molecule has 3 amide bonds. The van der Waals surface area contributed by atoms with Gasteiger partial charge in [0.05, 0.1) is 24.2 Å². The third-order valence-corrected chi connectivity index (χ3v) is 5.28. The number of nitrogens with zero attached hydrogens (tertiary/aromatic N) is 2. The number of morpholine rings is 1. The fourth-order valence-corrected chi connectivity index (χ4v) is 3.76. The fraction of sp³-hybridized carbons (Fsp3) is 0.526. The zero-order valence-electron chi connectivity index (χ0n) is 15.4.